The van der Waals surface area contributed by atoms with E-state index in [1.165, 1.54) is 16.7 Å². The topological polar surface area (TPSA) is 17.3 Å². The second kappa shape index (κ2) is 9.13. The van der Waals surface area contributed by atoms with Crippen LogP contribution in [0.1, 0.15) is 16.7 Å². The molecule has 0 N–H and O–H groups in total. The zero-order chi connectivity index (χ0) is 22.6. The van der Waals surface area contributed by atoms with Crippen molar-refractivity contribution >= 4 is 11.9 Å². The Morgan fingerprint density at radius 3 is 1.91 bits per heavy atom. The van der Waals surface area contributed by atoms with E-state index in [9.17, 15) is 0 Å². The van der Waals surface area contributed by atoms with Gasteiger partial charge in [-0.05, 0) is 60.4 Å². The van der Waals surface area contributed by atoms with Crippen molar-refractivity contribution in [3.63, 3.8) is 0 Å². The van der Waals surface area contributed by atoms with Crippen LogP contribution in [0.15, 0.2) is 120 Å². The van der Waals surface area contributed by atoms with E-state index in [0.717, 1.165) is 33.9 Å². The van der Waals surface area contributed by atoms with Gasteiger partial charge in [-0.25, -0.2) is 0 Å². The molecule has 4 aromatic carbocycles. The second-order valence-electron chi connectivity index (χ2n) is 8.21. The van der Waals surface area contributed by atoms with Crippen molar-refractivity contribution in [3.8, 4) is 28.2 Å². The molecule has 0 fully saturated rings. The molecule has 1 heterocycles. The summed E-state index contributed by atoms with van der Waals surface area (Å²) in [4.78, 5) is 4.93. The van der Waals surface area contributed by atoms with Gasteiger partial charge in [-0.1, -0.05) is 91.0 Å². The predicted molar refractivity (Wildman–Crippen MR) is 140 cm³/mol. The Balaban J connectivity index is 1.78. The van der Waals surface area contributed by atoms with Crippen LogP contribution in [0.3, 0.4) is 0 Å². The standard InChI is InChI=1S/C31H26N2/c1-23-13-12-20-29(24(23)2)32-22-27-21-30(25-14-6-3-7-15-25)33(28-18-10-5-11-19-28)31(27)26-16-8-4-9-17-26/h3-22H,1-2H3. The number of aryl methyl sites for hydroxylation is 1. The fraction of sp³-hybridized carbons (Fsp3) is 0.0645. The fourth-order valence-corrected chi connectivity index (χ4v) is 4.20. The van der Waals surface area contributed by atoms with E-state index in [-0.39, 0.29) is 0 Å². The fourth-order valence-electron chi connectivity index (χ4n) is 4.20. The molecule has 0 atom stereocenters. The van der Waals surface area contributed by atoms with Crippen LogP contribution >= 0.6 is 0 Å². The summed E-state index contributed by atoms with van der Waals surface area (Å²) >= 11 is 0. The molecule has 160 valence electrons. The second-order valence-corrected chi connectivity index (χ2v) is 8.21. The van der Waals surface area contributed by atoms with Gasteiger partial charge in [0.05, 0.1) is 17.1 Å². The van der Waals surface area contributed by atoms with Gasteiger partial charge in [-0.3, -0.25) is 4.99 Å². The Labute approximate surface area is 195 Å². The average molecular weight is 427 g/mol. The van der Waals surface area contributed by atoms with Gasteiger partial charge in [0.15, 0.2) is 0 Å². The van der Waals surface area contributed by atoms with Gasteiger partial charge in [-0.15, -0.1) is 0 Å². The number of hydrogen-bond donors (Lipinski definition) is 0. The first kappa shape index (κ1) is 20.7. The van der Waals surface area contributed by atoms with Crippen LogP contribution < -0.4 is 0 Å². The molecule has 1 aromatic heterocycles. The summed E-state index contributed by atoms with van der Waals surface area (Å²) in [6.45, 7) is 4.26. The highest BCUT2D eigenvalue weighted by Crippen LogP contribution is 2.35. The minimum atomic E-state index is 1.00. The molecule has 0 aliphatic carbocycles. The quantitative estimate of drug-likeness (QED) is 0.252. The first-order valence-corrected chi connectivity index (χ1v) is 11.2. The van der Waals surface area contributed by atoms with E-state index in [2.05, 4.69) is 134 Å². The van der Waals surface area contributed by atoms with Crippen molar-refractivity contribution in [1.29, 1.82) is 0 Å². The first-order chi connectivity index (χ1) is 16.2. The molecule has 33 heavy (non-hydrogen) atoms. The smallest absolute Gasteiger partial charge is 0.0661 e. The monoisotopic (exact) mass is 426 g/mol. The molecule has 0 aliphatic heterocycles. The minimum absolute atomic E-state index is 1.00. The molecule has 2 heteroatoms. The highest BCUT2D eigenvalue weighted by atomic mass is 15.0. The van der Waals surface area contributed by atoms with E-state index >= 15 is 0 Å². The molecule has 0 radical (unpaired) electrons. The number of hydrogen-bond acceptors (Lipinski definition) is 1. The van der Waals surface area contributed by atoms with Crippen molar-refractivity contribution in [3.05, 3.63) is 132 Å². The van der Waals surface area contributed by atoms with Crippen molar-refractivity contribution in [2.24, 2.45) is 4.99 Å². The lowest BCUT2D eigenvalue weighted by Crippen LogP contribution is -2.00. The van der Waals surface area contributed by atoms with E-state index < -0.39 is 0 Å². The lowest BCUT2D eigenvalue weighted by Gasteiger charge is -2.15. The molecule has 0 aliphatic rings. The number of aromatic nitrogens is 1. The number of benzene rings is 4. The van der Waals surface area contributed by atoms with E-state index in [0.29, 0.717) is 0 Å². The van der Waals surface area contributed by atoms with Crippen LogP contribution in [0.2, 0.25) is 0 Å². The van der Waals surface area contributed by atoms with Crippen LogP contribution in [0.5, 0.6) is 0 Å². The maximum absolute atomic E-state index is 4.93. The van der Waals surface area contributed by atoms with Crippen molar-refractivity contribution in [1.82, 2.24) is 4.57 Å². The highest BCUT2D eigenvalue weighted by Gasteiger charge is 2.18. The van der Waals surface area contributed by atoms with Gasteiger partial charge in [-0.2, -0.15) is 0 Å². The lowest BCUT2D eigenvalue weighted by molar-refractivity contribution is 1.09. The Morgan fingerprint density at radius 1 is 0.636 bits per heavy atom. The Kier molecular flexibility index (Phi) is 5.73. The van der Waals surface area contributed by atoms with E-state index in [4.69, 9.17) is 4.99 Å². The maximum atomic E-state index is 4.93. The Bertz CT molecular complexity index is 1400. The molecular weight excluding hydrogens is 400 g/mol. The lowest BCUT2D eigenvalue weighted by atomic mass is 10.1. The Morgan fingerprint density at radius 2 is 1.24 bits per heavy atom. The number of rotatable bonds is 5. The van der Waals surface area contributed by atoms with Crippen LogP contribution in [0.25, 0.3) is 28.2 Å². The molecule has 0 saturated carbocycles. The molecule has 5 rings (SSSR count). The van der Waals surface area contributed by atoms with Gasteiger partial charge < -0.3 is 4.57 Å². The van der Waals surface area contributed by atoms with Crippen LogP contribution in [-0.4, -0.2) is 10.8 Å². The molecule has 0 unspecified atom stereocenters. The Hall–Kier alpha value is -4.17. The molecule has 0 saturated heterocycles. The summed E-state index contributed by atoms with van der Waals surface area (Å²) in [6.07, 6.45) is 2.01. The third-order valence-electron chi connectivity index (χ3n) is 6.08. The van der Waals surface area contributed by atoms with Gasteiger partial charge in [0, 0.05) is 17.5 Å². The normalized spacial score (nSPS) is 11.2. The summed E-state index contributed by atoms with van der Waals surface area (Å²) < 4.78 is 2.34. The number of para-hydroxylation sites is 1. The number of nitrogens with zero attached hydrogens (tertiary/aromatic N) is 2. The van der Waals surface area contributed by atoms with Gasteiger partial charge in [0.25, 0.3) is 0 Å². The van der Waals surface area contributed by atoms with Gasteiger partial charge >= 0.3 is 0 Å². The zero-order valence-corrected chi connectivity index (χ0v) is 18.9. The van der Waals surface area contributed by atoms with Crippen molar-refractivity contribution in [2.45, 2.75) is 13.8 Å². The highest BCUT2D eigenvalue weighted by molar-refractivity contribution is 5.94. The van der Waals surface area contributed by atoms with E-state index in [1.807, 2.05) is 6.21 Å². The first-order valence-electron chi connectivity index (χ1n) is 11.2. The molecule has 0 bridgehead atoms. The van der Waals surface area contributed by atoms with Gasteiger partial charge in [0.1, 0.15) is 0 Å². The van der Waals surface area contributed by atoms with Crippen molar-refractivity contribution in [2.75, 3.05) is 0 Å². The SMILES string of the molecule is Cc1cccc(N=Cc2cc(-c3ccccc3)n(-c3ccccc3)c2-c2ccccc2)c1C. The minimum Gasteiger partial charge on any atom is -0.309 e. The summed E-state index contributed by atoms with van der Waals surface area (Å²) in [6, 6.07) is 40.2. The third kappa shape index (κ3) is 4.16. The molecular formula is C31H26N2. The predicted octanol–water partition coefficient (Wildman–Crippen LogP) is 8.18. The molecule has 2 nitrogen and oxygen atoms in total. The largest absolute Gasteiger partial charge is 0.309 e. The van der Waals surface area contributed by atoms with Crippen LogP contribution in [0.4, 0.5) is 5.69 Å². The van der Waals surface area contributed by atoms with E-state index in [1.54, 1.807) is 0 Å². The molecule has 0 spiro atoms. The summed E-state index contributed by atoms with van der Waals surface area (Å²) in [5.74, 6) is 0. The zero-order valence-electron chi connectivity index (χ0n) is 18.9. The van der Waals surface area contributed by atoms with Gasteiger partial charge in [0.2, 0.25) is 0 Å². The van der Waals surface area contributed by atoms with Crippen molar-refractivity contribution < 1.29 is 0 Å². The summed E-state index contributed by atoms with van der Waals surface area (Å²) in [5.41, 5.74) is 10.3. The van der Waals surface area contributed by atoms with Crippen LogP contribution in [0, 0.1) is 13.8 Å². The maximum Gasteiger partial charge on any atom is 0.0661 e. The third-order valence-corrected chi connectivity index (χ3v) is 6.08. The number of aliphatic imine (C=N–C) groups is 1. The summed E-state index contributed by atoms with van der Waals surface area (Å²) in [7, 11) is 0. The molecule has 5 aromatic rings. The van der Waals surface area contributed by atoms with Crippen LogP contribution in [-0.2, 0) is 0 Å². The molecule has 0 amide bonds. The average Bonchev–Trinajstić information content (AvgIpc) is 3.26. The summed E-state index contributed by atoms with van der Waals surface area (Å²) in [5, 5.41) is 0.